The van der Waals surface area contributed by atoms with Crippen LogP contribution in [0.2, 0.25) is 0 Å². The van der Waals surface area contributed by atoms with E-state index in [0.29, 0.717) is 5.69 Å². The van der Waals surface area contributed by atoms with E-state index in [9.17, 15) is 8.42 Å². The van der Waals surface area contributed by atoms with Crippen LogP contribution in [0, 0.1) is 5.92 Å². The zero-order valence-corrected chi connectivity index (χ0v) is 11.5. The lowest BCUT2D eigenvalue weighted by Crippen LogP contribution is -2.16. The molecular formula is C13H20N2O2S. The van der Waals surface area contributed by atoms with Crippen LogP contribution in [0.3, 0.4) is 0 Å². The van der Waals surface area contributed by atoms with E-state index in [-0.39, 0.29) is 4.90 Å². The normalized spacial score (nSPS) is 16.3. The second kappa shape index (κ2) is 5.18. The number of sulfone groups is 1. The lowest BCUT2D eigenvalue weighted by Gasteiger charge is -2.25. The van der Waals surface area contributed by atoms with E-state index in [1.54, 1.807) is 12.1 Å². The third-order valence-electron chi connectivity index (χ3n) is 3.56. The fourth-order valence-electron chi connectivity index (χ4n) is 2.21. The minimum atomic E-state index is -3.26. The lowest BCUT2D eigenvalue weighted by molar-refractivity contribution is 0.303. The van der Waals surface area contributed by atoms with Crippen LogP contribution in [-0.4, -0.2) is 21.2 Å². The van der Waals surface area contributed by atoms with Crippen molar-refractivity contribution in [2.75, 3.05) is 23.9 Å². The molecule has 1 aliphatic carbocycles. The smallest absolute Gasteiger partial charge is 0.177 e. The van der Waals surface area contributed by atoms with Crippen molar-refractivity contribution in [2.45, 2.75) is 30.6 Å². The first-order valence-electron chi connectivity index (χ1n) is 6.31. The Morgan fingerprint density at radius 1 is 1.39 bits per heavy atom. The number of hydrogen-bond acceptors (Lipinski definition) is 4. The fraction of sp³-hybridized carbons (Fsp3) is 0.538. The maximum absolute atomic E-state index is 11.5. The van der Waals surface area contributed by atoms with E-state index in [4.69, 9.17) is 5.73 Å². The van der Waals surface area contributed by atoms with Crippen molar-refractivity contribution in [3.8, 4) is 0 Å². The lowest BCUT2D eigenvalue weighted by atomic mass is 9.83. The number of anilines is 2. The maximum Gasteiger partial charge on any atom is 0.177 e. The molecule has 1 fully saturated rings. The molecule has 0 aliphatic heterocycles. The van der Waals surface area contributed by atoms with Gasteiger partial charge in [0.15, 0.2) is 9.84 Å². The Balaban J connectivity index is 2.03. The van der Waals surface area contributed by atoms with Gasteiger partial charge < -0.3 is 11.1 Å². The van der Waals surface area contributed by atoms with E-state index < -0.39 is 9.84 Å². The SMILES string of the molecule is CS(=O)(=O)c1cccc(NCCC2CCC2)c1N. The molecule has 18 heavy (non-hydrogen) atoms. The van der Waals surface area contributed by atoms with Gasteiger partial charge in [0.25, 0.3) is 0 Å². The molecule has 0 spiro atoms. The van der Waals surface area contributed by atoms with Crippen LogP contribution in [-0.2, 0) is 9.84 Å². The van der Waals surface area contributed by atoms with Crippen molar-refractivity contribution in [3.63, 3.8) is 0 Å². The Kier molecular flexibility index (Phi) is 3.80. The fourth-order valence-corrected chi connectivity index (χ4v) is 3.05. The molecule has 1 aromatic rings. The molecule has 0 atom stereocenters. The second-order valence-corrected chi connectivity index (χ2v) is 6.99. The number of nitrogens with two attached hydrogens (primary N) is 1. The van der Waals surface area contributed by atoms with Crippen molar-refractivity contribution in [2.24, 2.45) is 5.92 Å². The molecule has 0 aromatic heterocycles. The molecule has 0 bridgehead atoms. The van der Waals surface area contributed by atoms with Crippen LogP contribution in [0.25, 0.3) is 0 Å². The van der Waals surface area contributed by atoms with Gasteiger partial charge in [0.05, 0.1) is 16.3 Å². The number of hydrogen-bond donors (Lipinski definition) is 2. The monoisotopic (exact) mass is 268 g/mol. The molecule has 2 rings (SSSR count). The number of para-hydroxylation sites is 1. The second-order valence-electron chi connectivity index (χ2n) is 5.00. The average Bonchev–Trinajstić information content (AvgIpc) is 2.22. The van der Waals surface area contributed by atoms with Gasteiger partial charge in [0, 0.05) is 12.8 Å². The predicted molar refractivity (Wildman–Crippen MR) is 74.4 cm³/mol. The minimum Gasteiger partial charge on any atom is -0.396 e. The maximum atomic E-state index is 11.5. The van der Waals surface area contributed by atoms with E-state index >= 15 is 0 Å². The number of nitrogen functional groups attached to an aromatic ring is 1. The molecule has 4 nitrogen and oxygen atoms in total. The highest BCUT2D eigenvalue weighted by Crippen LogP contribution is 2.30. The summed E-state index contributed by atoms with van der Waals surface area (Å²) >= 11 is 0. The summed E-state index contributed by atoms with van der Waals surface area (Å²) in [4.78, 5) is 0.205. The summed E-state index contributed by atoms with van der Waals surface area (Å²) in [6, 6.07) is 5.09. The first-order valence-corrected chi connectivity index (χ1v) is 8.20. The van der Waals surface area contributed by atoms with Crippen molar-refractivity contribution in [1.29, 1.82) is 0 Å². The molecular weight excluding hydrogens is 248 g/mol. The Hall–Kier alpha value is -1.23. The Bertz CT molecular complexity index is 522. The van der Waals surface area contributed by atoms with Crippen LogP contribution in [0.15, 0.2) is 23.1 Å². The Labute approximate surface area is 108 Å². The van der Waals surface area contributed by atoms with Crippen LogP contribution >= 0.6 is 0 Å². The van der Waals surface area contributed by atoms with Crippen molar-refractivity contribution < 1.29 is 8.42 Å². The highest BCUT2D eigenvalue weighted by Gasteiger charge is 2.17. The van der Waals surface area contributed by atoms with Gasteiger partial charge >= 0.3 is 0 Å². The van der Waals surface area contributed by atoms with Gasteiger partial charge in [-0.25, -0.2) is 8.42 Å². The summed E-state index contributed by atoms with van der Waals surface area (Å²) < 4.78 is 23.1. The molecule has 0 amide bonds. The predicted octanol–water partition coefficient (Wildman–Crippen LogP) is 2.27. The van der Waals surface area contributed by atoms with Gasteiger partial charge in [0.1, 0.15) is 0 Å². The molecule has 1 aromatic carbocycles. The summed E-state index contributed by atoms with van der Waals surface area (Å²) in [6.07, 6.45) is 6.29. The minimum absolute atomic E-state index is 0.205. The summed E-state index contributed by atoms with van der Waals surface area (Å²) in [5.41, 5.74) is 6.94. The van der Waals surface area contributed by atoms with E-state index in [0.717, 1.165) is 24.6 Å². The molecule has 0 unspecified atom stereocenters. The van der Waals surface area contributed by atoms with E-state index in [2.05, 4.69) is 5.32 Å². The third-order valence-corrected chi connectivity index (χ3v) is 4.71. The third kappa shape index (κ3) is 2.96. The Morgan fingerprint density at radius 2 is 2.11 bits per heavy atom. The first kappa shape index (κ1) is 13.2. The quantitative estimate of drug-likeness (QED) is 0.804. The summed E-state index contributed by atoms with van der Waals surface area (Å²) in [5.74, 6) is 0.830. The zero-order chi connectivity index (χ0) is 13.2. The highest BCUT2D eigenvalue weighted by molar-refractivity contribution is 7.90. The number of nitrogens with one attached hydrogen (secondary N) is 1. The number of benzene rings is 1. The van der Waals surface area contributed by atoms with Gasteiger partial charge in [-0.1, -0.05) is 25.3 Å². The highest BCUT2D eigenvalue weighted by atomic mass is 32.2. The Morgan fingerprint density at radius 3 is 2.67 bits per heavy atom. The van der Waals surface area contributed by atoms with E-state index in [1.165, 1.54) is 25.5 Å². The molecule has 0 heterocycles. The van der Waals surface area contributed by atoms with Crippen molar-refractivity contribution in [3.05, 3.63) is 18.2 Å². The molecule has 3 N–H and O–H groups in total. The van der Waals surface area contributed by atoms with Gasteiger partial charge in [0.2, 0.25) is 0 Å². The summed E-state index contributed by atoms with van der Waals surface area (Å²) in [6.45, 7) is 0.849. The standard InChI is InChI=1S/C13H20N2O2S/c1-18(16,17)12-7-3-6-11(13(12)14)15-9-8-10-4-2-5-10/h3,6-7,10,15H,2,4-5,8-9,14H2,1H3. The molecule has 1 saturated carbocycles. The van der Waals surface area contributed by atoms with Crippen molar-refractivity contribution >= 4 is 21.2 Å². The molecule has 0 radical (unpaired) electrons. The summed E-state index contributed by atoms with van der Waals surface area (Å²) in [5, 5.41) is 3.24. The molecule has 100 valence electrons. The molecule has 0 saturated heterocycles. The summed E-state index contributed by atoms with van der Waals surface area (Å²) in [7, 11) is -3.26. The molecule has 5 heteroatoms. The number of rotatable bonds is 5. The van der Waals surface area contributed by atoms with Crippen LogP contribution in [0.5, 0.6) is 0 Å². The topological polar surface area (TPSA) is 72.2 Å². The van der Waals surface area contributed by atoms with E-state index in [1.807, 2.05) is 6.07 Å². The van der Waals surface area contributed by atoms with Crippen LogP contribution < -0.4 is 11.1 Å². The molecule has 1 aliphatic rings. The zero-order valence-electron chi connectivity index (χ0n) is 10.6. The first-order chi connectivity index (χ1) is 8.48. The van der Waals surface area contributed by atoms with Gasteiger partial charge in [-0.2, -0.15) is 0 Å². The van der Waals surface area contributed by atoms with Crippen LogP contribution in [0.1, 0.15) is 25.7 Å². The van der Waals surface area contributed by atoms with Crippen molar-refractivity contribution in [1.82, 2.24) is 0 Å². The van der Waals surface area contributed by atoms with Gasteiger partial charge in [-0.3, -0.25) is 0 Å². The van der Waals surface area contributed by atoms with Gasteiger partial charge in [-0.05, 0) is 24.5 Å². The van der Waals surface area contributed by atoms with Crippen LogP contribution in [0.4, 0.5) is 11.4 Å². The van der Waals surface area contributed by atoms with Gasteiger partial charge in [-0.15, -0.1) is 0 Å². The largest absolute Gasteiger partial charge is 0.396 e. The average molecular weight is 268 g/mol.